The van der Waals surface area contributed by atoms with Gasteiger partial charge in [-0.1, -0.05) is 227 Å². The average molecular weight is 1140 g/mol. The third-order valence-electron chi connectivity index (χ3n) is 14.1. The molecule has 6 atom stereocenters. The molecule has 1 heterocycles. The van der Waals surface area contributed by atoms with Gasteiger partial charge in [0.05, 0.1) is 6.61 Å². The summed E-state index contributed by atoms with van der Waals surface area (Å²) in [6.45, 7) is 5.75. The van der Waals surface area contributed by atoms with Crippen molar-refractivity contribution in [1.82, 2.24) is 0 Å². The summed E-state index contributed by atoms with van der Waals surface area (Å²) >= 11 is 0. The van der Waals surface area contributed by atoms with E-state index in [2.05, 4.69) is 118 Å². The highest BCUT2D eigenvalue weighted by Crippen LogP contribution is 2.26. The number of rotatable bonds is 54. The van der Waals surface area contributed by atoms with Crippen LogP contribution in [0.5, 0.6) is 0 Å². The van der Waals surface area contributed by atoms with E-state index in [0.29, 0.717) is 19.3 Å². The van der Waals surface area contributed by atoms with Crippen molar-refractivity contribution in [3.8, 4) is 0 Å². The fourth-order valence-corrected chi connectivity index (χ4v) is 9.25. The molecule has 12 nitrogen and oxygen atoms in total. The van der Waals surface area contributed by atoms with E-state index in [1.54, 1.807) is 0 Å². The van der Waals surface area contributed by atoms with Crippen LogP contribution in [0.2, 0.25) is 0 Å². The van der Waals surface area contributed by atoms with Gasteiger partial charge in [-0.05, 0) is 116 Å². The van der Waals surface area contributed by atoms with Crippen LogP contribution in [0.25, 0.3) is 0 Å². The number of hydrogen-bond donors (Lipinski definition) is 3. The Morgan fingerprint density at radius 2 is 0.778 bits per heavy atom. The SMILES string of the molecule is CC/C=C\C/C=C\C/C=C\C/C=C\CCCCCCC(=O)OC(COC(=O)CCCCCCCCCCC/C=C\CCCCCCCC)COC1OC(C(=O)O)C(O)C(O)C1OC(=O)CCCCCCC/C=C\C/C=C\C/C=C\CC. The summed E-state index contributed by atoms with van der Waals surface area (Å²) in [5.41, 5.74) is 0. The van der Waals surface area contributed by atoms with E-state index < -0.39 is 67.3 Å². The number of esters is 3. The first kappa shape index (κ1) is 74.7. The predicted molar refractivity (Wildman–Crippen MR) is 331 cm³/mol. The van der Waals surface area contributed by atoms with Crippen molar-refractivity contribution in [2.75, 3.05) is 13.2 Å². The summed E-state index contributed by atoms with van der Waals surface area (Å²) in [6.07, 6.45) is 62.2. The van der Waals surface area contributed by atoms with E-state index in [0.717, 1.165) is 122 Å². The molecule has 1 rings (SSSR count). The van der Waals surface area contributed by atoms with Gasteiger partial charge >= 0.3 is 23.9 Å². The normalized spacial score (nSPS) is 18.4. The van der Waals surface area contributed by atoms with Crippen molar-refractivity contribution >= 4 is 23.9 Å². The standard InChI is InChI=1S/C69H114O12/c1-4-7-10-13-16-19-22-25-28-30-31-33-35-37-40-43-46-49-52-55-61(70)77-58-60(79-62(71)56-53-50-47-44-41-39-36-32-29-26-23-20-17-14-11-8-5-2)59-78-69-67(65(74)64(73)66(81-69)68(75)76)80-63(72)57-54-51-48-45-42-38-34-27-24-21-18-15-12-9-6-3/h8-9,11-12,17-18,20-21,25-29,34,36,39,60,64-67,69,73-74H,4-7,10,13-16,19,22-24,30-33,35,37-38,40-59H2,1-3H3,(H,75,76)/b11-8-,12-9-,20-17-,21-18-,28-25-,29-26-,34-27-,39-36-. The first-order valence-electron chi connectivity index (χ1n) is 32.2. The van der Waals surface area contributed by atoms with E-state index in [4.69, 9.17) is 23.7 Å². The third kappa shape index (κ3) is 45.8. The largest absolute Gasteiger partial charge is 0.479 e. The van der Waals surface area contributed by atoms with Gasteiger partial charge in [-0.2, -0.15) is 0 Å². The molecule has 12 heteroatoms. The zero-order valence-electron chi connectivity index (χ0n) is 51.0. The molecule has 1 saturated heterocycles. The quantitative estimate of drug-likeness (QED) is 0.0228. The van der Waals surface area contributed by atoms with Gasteiger partial charge in [-0.3, -0.25) is 14.4 Å². The number of hydrogen-bond acceptors (Lipinski definition) is 11. The van der Waals surface area contributed by atoms with E-state index in [1.807, 2.05) is 0 Å². The van der Waals surface area contributed by atoms with Crippen molar-refractivity contribution in [3.05, 3.63) is 97.2 Å². The Bertz CT molecular complexity index is 1780. The molecule has 0 aromatic carbocycles. The third-order valence-corrected chi connectivity index (χ3v) is 14.1. The van der Waals surface area contributed by atoms with Gasteiger partial charge in [0, 0.05) is 19.3 Å². The summed E-state index contributed by atoms with van der Waals surface area (Å²) in [5, 5.41) is 31.6. The highest BCUT2D eigenvalue weighted by atomic mass is 16.7. The Labute approximate surface area is 492 Å². The van der Waals surface area contributed by atoms with Crippen molar-refractivity contribution in [1.29, 1.82) is 0 Å². The molecule has 0 amide bonds. The second-order valence-corrected chi connectivity index (χ2v) is 21.6. The number of aliphatic carboxylic acids is 1. The lowest BCUT2D eigenvalue weighted by atomic mass is 9.98. The molecule has 0 spiro atoms. The number of carboxylic acids is 1. The van der Waals surface area contributed by atoms with Crippen LogP contribution >= 0.6 is 0 Å². The van der Waals surface area contributed by atoms with Gasteiger partial charge in [0.25, 0.3) is 0 Å². The number of aliphatic hydroxyl groups excluding tert-OH is 2. The maximum atomic E-state index is 13.2. The van der Waals surface area contributed by atoms with Gasteiger partial charge in [-0.15, -0.1) is 0 Å². The molecule has 1 aliphatic heterocycles. The Hall–Kier alpha value is -4.36. The molecule has 0 aromatic rings. The molecule has 81 heavy (non-hydrogen) atoms. The lowest BCUT2D eigenvalue weighted by molar-refractivity contribution is -0.301. The minimum Gasteiger partial charge on any atom is -0.479 e. The molecule has 0 bridgehead atoms. The minimum absolute atomic E-state index is 0.0341. The molecule has 0 radical (unpaired) electrons. The zero-order valence-corrected chi connectivity index (χ0v) is 51.0. The Kier molecular flexibility index (Phi) is 51.7. The molecule has 3 N–H and O–H groups in total. The number of carboxylic acid groups (broad SMARTS) is 1. The number of unbranched alkanes of at least 4 members (excludes halogenated alkanes) is 24. The zero-order chi connectivity index (χ0) is 58.9. The lowest BCUT2D eigenvalue weighted by Gasteiger charge is -2.40. The molecule has 1 aliphatic rings. The van der Waals surface area contributed by atoms with Crippen molar-refractivity contribution in [2.45, 2.75) is 302 Å². The molecule has 0 saturated carbocycles. The van der Waals surface area contributed by atoms with Crippen LogP contribution in [0.1, 0.15) is 265 Å². The molecule has 462 valence electrons. The number of aliphatic hydroxyl groups is 2. The van der Waals surface area contributed by atoms with Gasteiger partial charge in [-0.25, -0.2) is 4.79 Å². The van der Waals surface area contributed by atoms with Gasteiger partial charge in [0.2, 0.25) is 0 Å². The molecule has 6 unspecified atom stereocenters. The van der Waals surface area contributed by atoms with E-state index in [1.165, 1.54) is 83.5 Å². The van der Waals surface area contributed by atoms with Crippen LogP contribution in [0.4, 0.5) is 0 Å². The fraction of sp³-hybridized carbons (Fsp3) is 0.710. The maximum Gasteiger partial charge on any atom is 0.335 e. The highest BCUT2D eigenvalue weighted by Gasteiger charge is 2.50. The average Bonchev–Trinajstić information content (AvgIpc) is 3.52. The minimum atomic E-state index is -1.92. The van der Waals surface area contributed by atoms with Crippen LogP contribution < -0.4 is 0 Å². The topological polar surface area (TPSA) is 175 Å². The number of allylic oxidation sites excluding steroid dienone is 16. The summed E-state index contributed by atoms with van der Waals surface area (Å²) in [4.78, 5) is 51.3. The molecular weight excluding hydrogens is 1020 g/mol. The molecular formula is C69H114O12. The highest BCUT2D eigenvalue weighted by molar-refractivity contribution is 5.74. The summed E-state index contributed by atoms with van der Waals surface area (Å²) in [6, 6.07) is 0. The Morgan fingerprint density at radius 1 is 0.420 bits per heavy atom. The second-order valence-electron chi connectivity index (χ2n) is 21.6. The monoisotopic (exact) mass is 1130 g/mol. The Balaban J connectivity index is 2.69. The number of carbonyl (C=O) groups excluding carboxylic acids is 3. The molecule has 1 fully saturated rings. The van der Waals surface area contributed by atoms with Crippen LogP contribution in [0.3, 0.4) is 0 Å². The van der Waals surface area contributed by atoms with E-state index >= 15 is 0 Å². The fourth-order valence-electron chi connectivity index (χ4n) is 9.25. The van der Waals surface area contributed by atoms with Crippen molar-refractivity contribution in [2.24, 2.45) is 0 Å². The molecule has 0 aliphatic carbocycles. The number of ether oxygens (including phenoxy) is 5. The summed E-state index contributed by atoms with van der Waals surface area (Å²) in [5.74, 6) is -3.18. The van der Waals surface area contributed by atoms with E-state index in [-0.39, 0.29) is 25.9 Å². The van der Waals surface area contributed by atoms with Gasteiger partial charge in [0.15, 0.2) is 24.6 Å². The van der Waals surface area contributed by atoms with Gasteiger partial charge in [0.1, 0.15) is 18.8 Å². The van der Waals surface area contributed by atoms with Crippen LogP contribution in [-0.2, 0) is 42.9 Å². The lowest BCUT2D eigenvalue weighted by Crippen LogP contribution is -2.61. The van der Waals surface area contributed by atoms with Crippen LogP contribution in [0.15, 0.2) is 97.2 Å². The molecule has 0 aromatic heterocycles. The maximum absolute atomic E-state index is 13.2. The Morgan fingerprint density at radius 3 is 1.20 bits per heavy atom. The number of carbonyl (C=O) groups is 4. The summed E-state index contributed by atoms with van der Waals surface area (Å²) < 4.78 is 28.5. The van der Waals surface area contributed by atoms with Crippen LogP contribution in [0, 0.1) is 0 Å². The predicted octanol–water partition coefficient (Wildman–Crippen LogP) is 17.2. The first-order valence-corrected chi connectivity index (χ1v) is 32.2. The van der Waals surface area contributed by atoms with Crippen molar-refractivity contribution in [3.63, 3.8) is 0 Å². The second kappa shape index (κ2) is 56.1. The van der Waals surface area contributed by atoms with Crippen molar-refractivity contribution < 1.29 is 58.2 Å². The summed E-state index contributed by atoms with van der Waals surface area (Å²) in [7, 11) is 0. The van der Waals surface area contributed by atoms with Gasteiger partial charge < -0.3 is 39.0 Å². The first-order chi connectivity index (χ1) is 39.6. The smallest absolute Gasteiger partial charge is 0.335 e. The van der Waals surface area contributed by atoms with Crippen LogP contribution in [-0.4, -0.2) is 89.2 Å². The van der Waals surface area contributed by atoms with E-state index in [9.17, 15) is 34.5 Å².